The number of nitrogens with one attached hydrogen (secondary N) is 1. The third-order valence-electron chi connectivity index (χ3n) is 4.77. The molecule has 0 unspecified atom stereocenters. The molecule has 0 spiro atoms. The van der Waals surface area contributed by atoms with Gasteiger partial charge in [0, 0.05) is 29.4 Å². The highest BCUT2D eigenvalue weighted by Gasteiger charge is 2.39. The smallest absolute Gasteiger partial charge is 0.283 e. The highest BCUT2D eigenvalue weighted by molar-refractivity contribution is 6.53. The van der Waals surface area contributed by atoms with Crippen molar-refractivity contribution in [2.24, 2.45) is 0 Å². The zero-order chi connectivity index (χ0) is 21.3. The third kappa shape index (κ3) is 3.92. The monoisotopic (exact) mass is 445 g/mol. The van der Waals surface area contributed by atoms with E-state index in [1.54, 1.807) is 47.4 Å². The van der Waals surface area contributed by atoms with E-state index in [0.29, 0.717) is 48.3 Å². The van der Waals surface area contributed by atoms with Crippen molar-refractivity contribution >= 4 is 52.3 Å². The van der Waals surface area contributed by atoms with Gasteiger partial charge in [-0.3, -0.25) is 14.4 Å². The van der Waals surface area contributed by atoms with Gasteiger partial charge >= 0.3 is 0 Å². The normalized spacial score (nSPS) is 17.0. The molecule has 0 aromatic heterocycles. The summed E-state index contributed by atoms with van der Waals surface area (Å²) >= 11 is 12.1. The largest absolute Gasteiger partial charge is 0.378 e. The maximum absolute atomic E-state index is 12.9. The first-order valence-corrected chi connectivity index (χ1v) is 9.99. The van der Waals surface area contributed by atoms with Gasteiger partial charge in [-0.1, -0.05) is 35.3 Å². The summed E-state index contributed by atoms with van der Waals surface area (Å²) < 4.78 is 5.28. The predicted octanol–water partition coefficient (Wildman–Crippen LogP) is 3.25. The molecule has 2 heterocycles. The van der Waals surface area contributed by atoms with E-state index in [1.807, 2.05) is 0 Å². The second-order valence-electron chi connectivity index (χ2n) is 6.72. The number of ether oxygens (including phenoxy) is 1. The van der Waals surface area contributed by atoms with Gasteiger partial charge in [-0.25, -0.2) is 4.90 Å². The SMILES string of the molecule is O=C(c1cccc(NC2=C(Cl)C(=O)N(c3cccc(Cl)c3)C2=O)c1)N1CCOCC1. The topological polar surface area (TPSA) is 79.0 Å². The van der Waals surface area contributed by atoms with Gasteiger partial charge in [0.05, 0.1) is 18.9 Å². The minimum Gasteiger partial charge on any atom is -0.378 e. The Morgan fingerprint density at radius 1 is 0.967 bits per heavy atom. The summed E-state index contributed by atoms with van der Waals surface area (Å²) in [7, 11) is 0. The standard InChI is InChI=1S/C21H17Cl2N3O4/c22-14-4-2-6-16(12-14)26-20(28)17(23)18(21(26)29)24-15-5-1-3-13(11-15)19(27)25-7-9-30-10-8-25/h1-6,11-12,24H,7-10H2. The lowest BCUT2D eigenvalue weighted by Crippen LogP contribution is -2.40. The molecule has 4 rings (SSSR count). The number of benzene rings is 2. The summed E-state index contributed by atoms with van der Waals surface area (Å²) in [5, 5.41) is 3.05. The van der Waals surface area contributed by atoms with Crippen molar-refractivity contribution in [1.82, 2.24) is 4.90 Å². The Kier molecular flexibility index (Phi) is 5.76. The molecule has 2 aliphatic rings. The molecular weight excluding hydrogens is 429 g/mol. The Morgan fingerprint density at radius 3 is 2.43 bits per heavy atom. The summed E-state index contributed by atoms with van der Waals surface area (Å²) in [5.74, 6) is -1.37. The number of hydrogen-bond acceptors (Lipinski definition) is 5. The number of imide groups is 1. The van der Waals surface area contributed by atoms with E-state index in [9.17, 15) is 14.4 Å². The van der Waals surface area contributed by atoms with Crippen molar-refractivity contribution in [3.63, 3.8) is 0 Å². The Morgan fingerprint density at radius 2 is 1.70 bits per heavy atom. The van der Waals surface area contributed by atoms with Crippen LogP contribution in [0, 0.1) is 0 Å². The quantitative estimate of drug-likeness (QED) is 0.730. The van der Waals surface area contributed by atoms with Gasteiger partial charge in [-0.05, 0) is 36.4 Å². The van der Waals surface area contributed by atoms with Gasteiger partial charge in [0.1, 0.15) is 10.7 Å². The number of halogens is 2. The van der Waals surface area contributed by atoms with Crippen LogP contribution in [0.15, 0.2) is 59.3 Å². The van der Waals surface area contributed by atoms with E-state index >= 15 is 0 Å². The molecule has 0 atom stereocenters. The van der Waals surface area contributed by atoms with Crippen LogP contribution in [-0.2, 0) is 14.3 Å². The fraction of sp³-hybridized carbons (Fsp3) is 0.190. The number of carbonyl (C=O) groups is 3. The number of nitrogens with zero attached hydrogens (tertiary/aromatic N) is 2. The van der Waals surface area contributed by atoms with Crippen LogP contribution in [0.2, 0.25) is 5.02 Å². The first kappa shape index (κ1) is 20.4. The van der Waals surface area contributed by atoms with Crippen molar-refractivity contribution in [3.05, 3.63) is 69.8 Å². The highest BCUT2D eigenvalue weighted by atomic mass is 35.5. The van der Waals surface area contributed by atoms with Crippen LogP contribution in [0.4, 0.5) is 11.4 Å². The number of morpholine rings is 1. The van der Waals surface area contributed by atoms with Crippen molar-refractivity contribution in [3.8, 4) is 0 Å². The number of amides is 3. The molecule has 0 saturated carbocycles. The average Bonchev–Trinajstić information content (AvgIpc) is 2.97. The van der Waals surface area contributed by atoms with Crippen LogP contribution in [0.3, 0.4) is 0 Å². The van der Waals surface area contributed by atoms with E-state index in [4.69, 9.17) is 27.9 Å². The summed E-state index contributed by atoms with van der Waals surface area (Å²) in [6, 6.07) is 13.1. The van der Waals surface area contributed by atoms with Gasteiger partial charge in [-0.15, -0.1) is 0 Å². The molecule has 3 amide bonds. The Labute approximate surface area is 182 Å². The van der Waals surface area contributed by atoms with Crippen molar-refractivity contribution in [2.75, 3.05) is 36.5 Å². The molecule has 0 bridgehead atoms. The summed E-state index contributed by atoms with van der Waals surface area (Å²) in [6.45, 7) is 2.05. The number of hydrogen-bond donors (Lipinski definition) is 1. The molecule has 9 heteroatoms. The second kappa shape index (κ2) is 8.47. The molecule has 7 nitrogen and oxygen atoms in total. The van der Waals surface area contributed by atoms with Gasteiger partial charge in [0.15, 0.2) is 0 Å². The molecule has 154 valence electrons. The lowest BCUT2D eigenvalue weighted by Gasteiger charge is -2.27. The van der Waals surface area contributed by atoms with E-state index in [2.05, 4.69) is 5.32 Å². The molecule has 1 fully saturated rings. The van der Waals surface area contributed by atoms with Crippen LogP contribution >= 0.6 is 23.2 Å². The average molecular weight is 446 g/mol. The molecule has 0 aliphatic carbocycles. The Bertz CT molecular complexity index is 1060. The van der Waals surface area contributed by atoms with Gasteiger partial charge in [-0.2, -0.15) is 0 Å². The second-order valence-corrected chi connectivity index (χ2v) is 7.54. The molecule has 1 saturated heterocycles. The third-order valence-corrected chi connectivity index (χ3v) is 5.36. The van der Waals surface area contributed by atoms with Crippen LogP contribution in [-0.4, -0.2) is 48.9 Å². The van der Waals surface area contributed by atoms with Crippen LogP contribution in [0.25, 0.3) is 0 Å². The highest BCUT2D eigenvalue weighted by Crippen LogP contribution is 2.31. The number of carbonyl (C=O) groups excluding carboxylic acids is 3. The first-order chi connectivity index (χ1) is 14.5. The van der Waals surface area contributed by atoms with Crippen molar-refractivity contribution in [2.45, 2.75) is 0 Å². The Hall–Kier alpha value is -2.87. The maximum atomic E-state index is 12.9. The van der Waals surface area contributed by atoms with Crippen molar-refractivity contribution < 1.29 is 19.1 Å². The molecule has 2 aromatic carbocycles. The number of rotatable bonds is 4. The zero-order valence-corrected chi connectivity index (χ0v) is 17.2. The fourth-order valence-corrected chi connectivity index (χ4v) is 3.68. The molecular formula is C21H17Cl2N3O4. The molecule has 2 aromatic rings. The van der Waals surface area contributed by atoms with E-state index in [1.165, 1.54) is 6.07 Å². The summed E-state index contributed by atoms with van der Waals surface area (Å²) in [6.07, 6.45) is 0. The van der Waals surface area contributed by atoms with Crippen LogP contribution < -0.4 is 10.2 Å². The minimum atomic E-state index is -0.646. The van der Waals surface area contributed by atoms with Crippen molar-refractivity contribution in [1.29, 1.82) is 0 Å². The van der Waals surface area contributed by atoms with Crippen LogP contribution in [0.1, 0.15) is 10.4 Å². The molecule has 30 heavy (non-hydrogen) atoms. The molecule has 0 radical (unpaired) electrons. The lowest BCUT2D eigenvalue weighted by molar-refractivity contribution is -0.120. The lowest BCUT2D eigenvalue weighted by atomic mass is 10.1. The fourth-order valence-electron chi connectivity index (χ4n) is 3.28. The molecule has 2 aliphatic heterocycles. The van der Waals surface area contributed by atoms with Crippen LogP contribution in [0.5, 0.6) is 0 Å². The van der Waals surface area contributed by atoms with E-state index in [-0.39, 0.29) is 16.6 Å². The van der Waals surface area contributed by atoms with E-state index < -0.39 is 11.8 Å². The predicted molar refractivity (Wildman–Crippen MR) is 114 cm³/mol. The summed E-state index contributed by atoms with van der Waals surface area (Å²) in [4.78, 5) is 40.8. The molecule has 1 N–H and O–H groups in total. The van der Waals surface area contributed by atoms with E-state index in [0.717, 1.165) is 4.90 Å². The first-order valence-electron chi connectivity index (χ1n) is 9.24. The van der Waals surface area contributed by atoms with Gasteiger partial charge in [0.25, 0.3) is 17.7 Å². The Balaban J connectivity index is 1.56. The van der Waals surface area contributed by atoms with Gasteiger partial charge < -0.3 is 15.0 Å². The number of anilines is 2. The minimum absolute atomic E-state index is 0.0578. The summed E-state index contributed by atoms with van der Waals surface area (Å²) in [5.41, 5.74) is 1.19. The zero-order valence-electron chi connectivity index (χ0n) is 15.7. The maximum Gasteiger partial charge on any atom is 0.283 e. The van der Waals surface area contributed by atoms with Gasteiger partial charge in [0.2, 0.25) is 0 Å².